The van der Waals surface area contributed by atoms with Crippen molar-refractivity contribution in [2.75, 3.05) is 25.6 Å². The summed E-state index contributed by atoms with van der Waals surface area (Å²) in [6, 6.07) is 6.34. The van der Waals surface area contributed by atoms with Crippen molar-refractivity contribution in [2.24, 2.45) is 5.73 Å². The van der Waals surface area contributed by atoms with Crippen LogP contribution in [-0.2, 0) is 6.42 Å². The molecule has 2 rings (SSSR count). The first-order valence-electron chi connectivity index (χ1n) is 6.25. The number of hydrogen-bond acceptors (Lipinski definition) is 3. The summed E-state index contributed by atoms with van der Waals surface area (Å²) in [5.41, 5.74) is 8.67. The number of benzene rings is 1. The zero-order valence-electron chi connectivity index (χ0n) is 11.0. The minimum atomic E-state index is 0.0566. The van der Waals surface area contributed by atoms with Gasteiger partial charge in [0, 0.05) is 24.8 Å². The van der Waals surface area contributed by atoms with Crippen LogP contribution in [0.2, 0.25) is 0 Å². The quantitative estimate of drug-likeness (QED) is 0.848. The van der Waals surface area contributed by atoms with Crippen molar-refractivity contribution in [1.82, 2.24) is 0 Å². The van der Waals surface area contributed by atoms with Crippen molar-refractivity contribution < 1.29 is 4.74 Å². The van der Waals surface area contributed by atoms with E-state index < -0.39 is 0 Å². The van der Waals surface area contributed by atoms with E-state index >= 15 is 0 Å². The van der Waals surface area contributed by atoms with Gasteiger partial charge in [-0.15, -0.1) is 0 Å². The summed E-state index contributed by atoms with van der Waals surface area (Å²) in [7, 11) is 3.82. The van der Waals surface area contributed by atoms with Crippen LogP contribution in [0.4, 0.5) is 5.69 Å². The highest BCUT2D eigenvalue weighted by Crippen LogP contribution is 2.34. The molecule has 0 bridgehead atoms. The molecule has 1 aliphatic carbocycles. The Kier molecular flexibility index (Phi) is 3.29. The van der Waals surface area contributed by atoms with Gasteiger partial charge in [-0.3, -0.25) is 0 Å². The van der Waals surface area contributed by atoms with Gasteiger partial charge in [-0.05, 0) is 43.0 Å². The Labute approximate surface area is 104 Å². The van der Waals surface area contributed by atoms with Crippen LogP contribution in [0.15, 0.2) is 18.2 Å². The number of methoxy groups -OCH3 is 1. The van der Waals surface area contributed by atoms with E-state index in [1.165, 1.54) is 11.3 Å². The minimum absolute atomic E-state index is 0.0566. The van der Waals surface area contributed by atoms with Gasteiger partial charge < -0.3 is 15.4 Å². The predicted molar refractivity (Wildman–Crippen MR) is 71.8 cm³/mol. The summed E-state index contributed by atoms with van der Waals surface area (Å²) in [5, 5.41) is 0. The second-order valence-electron chi connectivity index (χ2n) is 5.07. The van der Waals surface area contributed by atoms with Gasteiger partial charge in [0.2, 0.25) is 0 Å². The molecule has 0 saturated heterocycles. The fourth-order valence-electron chi connectivity index (χ4n) is 2.16. The highest BCUT2D eigenvalue weighted by atomic mass is 16.5. The number of aryl methyl sites for hydroxylation is 1. The number of nitrogens with zero attached hydrogens (tertiary/aromatic N) is 1. The minimum Gasteiger partial charge on any atom is -0.496 e. The molecular formula is C14H22N2O. The van der Waals surface area contributed by atoms with Crippen LogP contribution in [0.5, 0.6) is 5.75 Å². The van der Waals surface area contributed by atoms with Crippen LogP contribution in [0.25, 0.3) is 0 Å². The maximum atomic E-state index is 6.15. The largest absolute Gasteiger partial charge is 0.496 e. The molecule has 94 valence electrons. The number of likely N-dealkylation sites (N-methyl/N-ethyl adjacent to an activating group) is 1. The number of rotatable bonds is 5. The van der Waals surface area contributed by atoms with Crippen molar-refractivity contribution in [1.29, 1.82) is 0 Å². The normalized spacial score (nSPS) is 16.7. The van der Waals surface area contributed by atoms with Gasteiger partial charge in [0.05, 0.1) is 7.11 Å². The maximum absolute atomic E-state index is 6.15. The molecule has 0 atom stereocenters. The Bertz CT molecular complexity index is 399. The second kappa shape index (κ2) is 4.57. The molecule has 0 unspecified atom stereocenters. The first-order valence-corrected chi connectivity index (χ1v) is 6.25. The lowest BCUT2D eigenvalue weighted by Gasteiger charge is -2.24. The fourth-order valence-corrected chi connectivity index (χ4v) is 2.16. The Morgan fingerprint density at radius 1 is 1.41 bits per heavy atom. The van der Waals surface area contributed by atoms with Crippen molar-refractivity contribution in [2.45, 2.75) is 31.7 Å². The standard InChI is InChI=1S/C14H22N2O/c1-4-11-9-12(5-6-13(11)17-3)16(2)10-14(15)7-8-14/h5-6,9H,4,7-8,10,15H2,1-3H3. The Morgan fingerprint density at radius 3 is 2.65 bits per heavy atom. The third-order valence-electron chi connectivity index (χ3n) is 3.53. The van der Waals surface area contributed by atoms with Gasteiger partial charge in [0.15, 0.2) is 0 Å². The molecule has 1 aliphatic rings. The molecule has 0 aromatic heterocycles. The number of nitrogens with two attached hydrogens (primary N) is 1. The van der Waals surface area contributed by atoms with Crippen molar-refractivity contribution >= 4 is 5.69 Å². The molecule has 0 heterocycles. The monoisotopic (exact) mass is 234 g/mol. The smallest absolute Gasteiger partial charge is 0.122 e. The van der Waals surface area contributed by atoms with E-state index in [0.717, 1.165) is 31.6 Å². The van der Waals surface area contributed by atoms with E-state index in [9.17, 15) is 0 Å². The highest BCUT2D eigenvalue weighted by Gasteiger charge is 2.39. The van der Waals surface area contributed by atoms with E-state index in [2.05, 4.69) is 31.0 Å². The zero-order valence-corrected chi connectivity index (χ0v) is 11.0. The molecule has 1 fully saturated rings. The fraction of sp³-hybridized carbons (Fsp3) is 0.571. The zero-order chi connectivity index (χ0) is 12.5. The summed E-state index contributed by atoms with van der Waals surface area (Å²) >= 11 is 0. The van der Waals surface area contributed by atoms with Crippen LogP contribution in [0.1, 0.15) is 25.3 Å². The van der Waals surface area contributed by atoms with Crippen LogP contribution in [-0.4, -0.2) is 26.2 Å². The summed E-state index contributed by atoms with van der Waals surface area (Å²) in [6.45, 7) is 3.08. The van der Waals surface area contributed by atoms with Gasteiger partial charge in [0.1, 0.15) is 5.75 Å². The molecule has 1 saturated carbocycles. The summed E-state index contributed by atoms with van der Waals surface area (Å²) in [4.78, 5) is 2.24. The van der Waals surface area contributed by atoms with E-state index in [4.69, 9.17) is 10.5 Å². The average molecular weight is 234 g/mol. The Balaban J connectivity index is 2.14. The highest BCUT2D eigenvalue weighted by molar-refractivity contribution is 5.53. The lowest BCUT2D eigenvalue weighted by atomic mass is 10.1. The topological polar surface area (TPSA) is 38.5 Å². The summed E-state index contributed by atoms with van der Waals surface area (Å²) < 4.78 is 5.34. The Morgan fingerprint density at radius 2 is 2.12 bits per heavy atom. The first kappa shape index (κ1) is 12.2. The van der Waals surface area contributed by atoms with Gasteiger partial charge in [-0.25, -0.2) is 0 Å². The molecule has 17 heavy (non-hydrogen) atoms. The molecule has 0 radical (unpaired) electrons. The van der Waals surface area contributed by atoms with Gasteiger partial charge in [0.25, 0.3) is 0 Å². The van der Waals surface area contributed by atoms with Gasteiger partial charge >= 0.3 is 0 Å². The van der Waals surface area contributed by atoms with Crippen LogP contribution in [0.3, 0.4) is 0 Å². The van der Waals surface area contributed by atoms with Crippen LogP contribution in [0, 0.1) is 0 Å². The number of ether oxygens (including phenoxy) is 1. The first-order chi connectivity index (χ1) is 8.08. The van der Waals surface area contributed by atoms with Gasteiger partial charge in [-0.1, -0.05) is 6.92 Å². The molecule has 3 heteroatoms. The molecule has 0 spiro atoms. The van der Waals surface area contributed by atoms with Crippen molar-refractivity contribution in [3.8, 4) is 5.75 Å². The summed E-state index contributed by atoms with van der Waals surface area (Å²) in [6.07, 6.45) is 3.28. The average Bonchev–Trinajstić information content (AvgIpc) is 3.05. The van der Waals surface area contributed by atoms with E-state index in [1.807, 2.05) is 6.07 Å². The third-order valence-corrected chi connectivity index (χ3v) is 3.53. The number of hydrogen-bond donors (Lipinski definition) is 1. The SMILES string of the molecule is CCc1cc(N(C)CC2(N)CC2)ccc1OC. The molecule has 0 aliphatic heterocycles. The predicted octanol–water partition coefficient (Wildman–Crippen LogP) is 2.19. The lowest BCUT2D eigenvalue weighted by Crippen LogP contribution is -2.37. The Hall–Kier alpha value is -1.22. The third kappa shape index (κ3) is 2.72. The van der Waals surface area contributed by atoms with E-state index in [-0.39, 0.29) is 5.54 Å². The molecule has 1 aromatic carbocycles. The second-order valence-corrected chi connectivity index (χ2v) is 5.07. The van der Waals surface area contributed by atoms with Crippen LogP contribution < -0.4 is 15.4 Å². The van der Waals surface area contributed by atoms with E-state index in [1.54, 1.807) is 7.11 Å². The molecular weight excluding hydrogens is 212 g/mol. The number of anilines is 1. The van der Waals surface area contributed by atoms with Gasteiger partial charge in [-0.2, -0.15) is 0 Å². The van der Waals surface area contributed by atoms with Crippen molar-refractivity contribution in [3.63, 3.8) is 0 Å². The van der Waals surface area contributed by atoms with E-state index in [0.29, 0.717) is 0 Å². The summed E-state index contributed by atoms with van der Waals surface area (Å²) in [5.74, 6) is 0.971. The molecule has 3 nitrogen and oxygen atoms in total. The molecule has 1 aromatic rings. The molecule has 2 N–H and O–H groups in total. The van der Waals surface area contributed by atoms with Crippen molar-refractivity contribution in [3.05, 3.63) is 23.8 Å². The maximum Gasteiger partial charge on any atom is 0.122 e. The molecule has 0 amide bonds. The van der Waals surface area contributed by atoms with Crippen LogP contribution >= 0.6 is 0 Å². The lowest BCUT2D eigenvalue weighted by molar-refractivity contribution is 0.410.